The quantitative estimate of drug-likeness (QED) is 0.897. The van der Waals surface area contributed by atoms with Crippen molar-refractivity contribution in [2.24, 2.45) is 0 Å². The lowest BCUT2D eigenvalue weighted by atomic mass is 9.99. The highest BCUT2D eigenvalue weighted by Crippen LogP contribution is 2.19. The molecule has 2 nitrogen and oxygen atoms in total. The first-order valence-electron chi connectivity index (χ1n) is 7.02. The van der Waals surface area contributed by atoms with Gasteiger partial charge in [-0.2, -0.15) is 0 Å². The Morgan fingerprint density at radius 2 is 1.76 bits per heavy atom. The van der Waals surface area contributed by atoms with Gasteiger partial charge < -0.3 is 5.32 Å². The number of halogens is 1. The second kappa shape index (κ2) is 6.08. The molecule has 1 amide bonds. The van der Waals surface area contributed by atoms with Crippen molar-refractivity contribution in [2.45, 2.75) is 33.7 Å². The number of amides is 1. The first-order chi connectivity index (χ1) is 9.88. The fourth-order valence-corrected chi connectivity index (χ4v) is 2.55. The lowest BCUT2D eigenvalue weighted by Gasteiger charge is -2.18. The Morgan fingerprint density at radius 1 is 1.05 bits per heavy atom. The standard InChI is InChI=1S/C18H20FNO/c1-11-5-7-16(12(2)9-11)14(4)20-18(21)17-8-6-15(19)10-13(17)3/h5-10,14H,1-4H3,(H,20,21). The molecule has 0 heterocycles. The number of aryl methyl sites for hydroxylation is 3. The first kappa shape index (κ1) is 15.2. The normalized spacial score (nSPS) is 12.0. The molecule has 0 aliphatic rings. The number of carbonyl (C=O) groups is 1. The van der Waals surface area contributed by atoms with E-state index in [1.54, 1.807) is 6.92 Å². The van der Waals surface area contributed by atoms with E-state index in [1.807, 2.05) is 32.9 Å². The van der Waals surface area contributed by atoms with Crippen LogP contribution in [0.3, 0.4) is 0 Å². The topological polar surface area (TPSA) is 29.1 Å². The molecule has 1 unspecified atom stereocenters. The van der Waals surface area contributed by atoms with Crippen molar-refractivity contribution in [3.63, 3.8) is 0 Å². The maximum atomic E-state index is 13.1. The summed E-state index contributed by atoms with van der Waals surface area (Å²) >= 11 is 0. The van der Waals surface area contributed by atoms with Crippen LogP contribution in [-0.4, -0.2) is 5.91 Å². The molecule has 21 heavy (non-hydrogen) atoms. The summed E-state index contributed by atoms with van der Waals surface area (Å²) < 4.78 is 13.1. The van der Waals surface area contributed by atoms with Crippen LogP contribution in [0, 0.1) is 26.6 Å². The second-order valence-corrected chi connectivity index (χ2v) is 5.51. The van der Waals surface area contributed by atoms with Crippen LogP contribution in [-0.2, 0) is 0 Å². The van der Waals surface area contributed by atoms with Gasteiger partial charge in [0, 0.05) is 5.56 Å². The highest BCUT2D eigenvalue weighted by molar-refractivity contribution is 5.95. The van der Waals surface area contributed by atoms with Crippen LogP contribution >= 0.6 is 0 Å². The highest BCUT2D eigenvalue weighted by Gasteiger charge is 2.15. The zero-order valence-electron chi connectivity index (χ0n) is 12.8. The van der Waals surface area contributed by atoms with Gasteiger partial charge in [-0.3, -0.25) is 4.79 Å². The van der Waals surface area contributed by atoms with Gasteiger partial charge in [-0.05, 0) is 62.6 Å². The molecule has 0 bridgehead atoms. The van der Waals surface area contributed by atoms with Crippen molar-refractivity contribution in [1.29, 1.82) is 0 Å². The molecule has 0 spiro atoms. The van der Waals surface area contributed by atoms with Crippen molar-refractivity contribution in [2.75, 3.05) is 0 Å². The molecule has 1 N–H and O–H groups in total. The number of nitrogens with one attached hydrogen (secondary N) is 1. The minimum atomic E-state index is -0.327. The lowest BCUT2D eigenvalue weighted by Crippen LogP contribution is -2.27. The number of carbonyl (C=O) groups excluding carboxylic acids is 1. The third-order valence-electron chi connectivity index (χ3n) is 3.67. The Morgan fingerprint density at radius 3 is 2.38 bits per heavy atom. The smallest absolute Gasteiger partial charge is 0.252 e. The van der Waals surface area contributed by atoms with Gasteiger partial charge in [0.1, 0.15) is 5.82 Å². The van der Waals surface area contributed by atoms with Gasteiger partial charge in [-0.1, -0.05) is 23.8 Å². The molecule has 2 rings (SSSR count). The summed E-state index contributed by atoms with van der Waals surface area (Å²) in [5.74, 6) is -0.508. The van der Waals surface area contributed by atoms with Crippen molar-refractivity contribution in [1.82, 2.24) is 5.32 Å². The van der Waals surface area contributed by atoms with Crippen LogP contribution in [0.4, 0.5) is 4.39 Å². The largest absolute Gasteiger partial charge is 0.346 e. The zero-order chi connectivity index (χ0) is 15.6. The Bertz CT molecular complexity index is 679. The lowest BCUT2D eigenvalue weighted by molar-refractivity contribution is 0.0939. The Balaban J connectivity index is 2.18. The van der Waals surface area contributed by atoms with Gasteiger partial charge in [0.15, 0.2) is 0 Å². The molecule has 0 fully saturated rings. The summed E-state index contributed by atoms with van der Waals surface area (Å²) in [5.41, 5.74) is 4.59. The van der Waals surface area contributed by atoms with Gasteiger partial charge in [0.25, 0.3) is 5.91 Å². The summed E-state index contributed by atoms with van der Waals surface area (Å²) in [6, 6.07) is 10.3. The van der Waals surface area contributed by atoms with E-state index in [9.17, 15) is 9.18 Å². The van der Waals surface area contributed by atoms with Crippen LogP contribution in [0.25, 0.3) is 0 Å². The first-order valence-corrected chi connectivity index (χ1v) is 7.02. The summed E-state index contributed by atoms with van der Waals surface area (Å²) in [6.07, 6.45) is 0. The predicted octanol–water partition coefficient (Wildman–Crippen LogP) is 4.24. The number of hydrogen-bond acceptors (Lipinski definition) is 1. The molecule has 0 aliphatic carbocycles. The molecule has 0 saturated carbocycles. The number of benzene rings is 2. The molecular weight excluding hydrogens is 265 g/mol. The molecular formula is C18H20FNO. The van der Waals surface area contributed by atoms with E-state index >= 15 is 0 Å². The molecule has 0 aliphatic heterocycles. The van der Waals surface area contributed by atoms with Gasteiger partial charge in [0.2, 0.25) is 0 Å². The van der Waals surface area contributed by atoms with Crippen molar-refractivity contribution in [3.05, 3.63) is 70.0 Å². The third-order valence-corrected chi connectivity index (χ3v) is 3.67. The third kappa shape index (κ3) is 3.48. The summed E-state index contributed by atoms with van der Waals surface area (Å²) in [5, 5.41) is 2.97. The molecule has 1 atom stereocenters. The van der Waals surface area contributed by atoms with E-state index in [0.717, 1.165) is 11.1 Å². The zero-order valence-corrected chi connectivity index (χ0v) is 12.8. The fraction of sp³-hybridized carbons (Fsp3) is 0.278. The fourth-order valence-electron chi connectivity index (χ4n) is 2.55. The Kier molecular flexibility index (Phi) is 4.41. The van der Waals surface area contributed by atoms with Crippen LogP contribution in [0.5, 0.6) is 0 Å². The maximum Gasteiger partial charge on any atom is 0.252 e. The summed E-state index contributed by atoms with van der Waals surface area (Å²) in [4.78, 5) is 12.3. The van der Waals surface area contributed by atoms with E-state index < -0.39 is 0 Å². The SMILES string of the molecule is Cc1ccc(C(C)NC(=O)c2ccc(F)cc2C)c(C)c1. The number of rotatable bonds is 3. The Labute approximate surface area is 125 Å². The van der Waals surface area contributed by atoms with Crippen LogP contribution in [0.1, 0.15) is 45.6 Å². The molecule has 0 radical (unpaired) electrons. The van der Waals surface area contributed by atoms with Crippen molar-refractivity contribution >= 4 is 5.91 Å². The van der Waals surface area contributed by atoms with Gasteiger partial charge in [-0.25, -0.2) is 4.39 Å². The van der Waals surface area contributed by atoms with Gasteiger partial charge in [-0.15, -0.1) is 0 Å². The maximum absolute atomic E-state index is 13.1. The second-order valence-electron chi connectivity index (χ2n) is 5.51. The van der Waals surface area contributed by atoms with E-state index in [4.69, 9.17) is 0 Å². The predicted molar refractivity (Wildman–Crippen MR) is 82.9 cm³/mol. The van der Waals surface area contributed by atoms with E-state index in [2.05, 4.69) is 11.4 Å². The minimum absolute atomic E-state index is 0.0949. The van der Waals surface area contributed by atoms with E-state index in [0.29, 0.717) is 11.1 Å². The van der Waals surface area contributed by atoms with E-state index in [1.165, 1.54) is 23.8 Å². The van der Waals surface area contributed by atoms with Crippen molar-refractivity contribution in [3.8, 4) is 0 Å². The summed E-state index contributed by atoms with van der Waals surface area (Å²) in [6.45, 7) is 7.77. The van der Waals surface area contributed by atoms with Gasteiger partial charge in [0.05, 0.1) is 6.04 Å². The average Bonchev–Trinajstić information content (AvgIpc) is 2.37. The minimum Gasteiger partial charge on any atom is -0.346 e. The van der Waals surface area contributed by atoms with E-state index in [-0.39, 0.29) is 17.8 Å². The average molecular weight is 285 g/mol. The molecule has 2 aromatic rings. The molecule has 2 aromatic carbocycles. The van der Waals surface area contributed by atoms with Crippen LogP contribution < -0.4 is 5.32 Å². The van der Waals surface area contributed by atoms with Crippen molar-refractivity contribution < 1.29 is 9.18 Å². The van der Waals surface area contributed by atoms with Crippen LogP contribution in [0.2, 0.25) is 0 Å². The molecule has 0 aromatic heterocycles. The molecule has 3 heteroatoms. The Hall–Kier alpha value is -2.16. The molecule has 0 saturated heterocycles. The summed E-state index contributed by atoms with van der Waals surface area (Å²) in [7, 11) is 0. The van der Waals surface area contributed by atoms with Crippen LogP contribution in [0.15, 0.2) is 36.4 Å². The molecule has 110 valence electrons. The number of hydrogen-bond donors (Lipinski definition) is 1. The van der Waals surface area contributed by atoms with Gasteiger partial charge >= 0.3 is 0 Å². The monoisotopic (exact) mass is 285 g/mol. The highest BCUT2D eigenvalue weighted by atomic mass is 19.1.